The van der Waals surface area contributed by atoms with Crippen molar-refractivity contribution in [3.05, 3.63) is 57.1 Å². The van der Waals surface area contributed by atoms with Gasteiger partial charge in [-0.1, -0.05) is 30.5 Å². The number of nitrogens with zero attached hydrogens (tertiary/aromatic N) is 3. The molecule has 0 heterocycles. The van der Waals surface area contributed by atoms with Gasteiger partial charge < -0.3 is 4.74 Å². The minimum absolute atomic E-state index is 0.0143. The minimum atomic E-state index is -4.44. The van der Waals surface area contributed by atoms with Crippen LogP contribution in [-0.4, -0.2) is 38.6 Å². The van der Waals surface area contributed by atoms with Crippen LogP contribution in [0.2, 0.25) is 5.02 Å². The Morgan fingerprint density at radius 1 is 1.17 bits per heavy atom. The molecule has 1 N–H and O–H groups in total. The van der Waals surface area contributed by atoms with E-state index in [4.69, 9.17) is 16.3 Å². The summed E-state index contributed by atoms with van der Waals surface area (Å²) in [6.07, 6.45) is 5.74. The maximum Gasteiger partial charge on any atom is 0.273 e. The first-order chi connectivity index (χ1) is 16.6. The lowest BCUT2D eigenvalue weighted by Crippen LogP contribution is -2.40. The second kappa shape index (κ2) is 11.5. The first kappa shape index (κ1) is 26.4. The number of nitro groups is 1. The lowest BCUT2D eigenvalue weighted by atomic mass is 10.2. The Labute approximate surface area is 209 Å². The van der Waals surface area contributed by atoms with E-state index >= 15 is 0 Å². The van der Waals surface area contributed by atoms with E-state index in [0.29, 0.717) is 5.56 Å². The molecule has 1 fully saturated rings. The molecule has 0 saturated heterocycles. The van der Waals surface area contributed by atoms with E-state index in [-0.39, 0.29) is 27.0 Å². The smallest absolute Gasteiger partial charge is 0.273 e. The number of hydrogen-bond acceptors (Lipinski definition) is 7. The number of sulfonamides is 1. The number of halogens is 1. The Balaban J connectivity index is 2.01. The molecule has 0 aliphatic heterocycles. The van der Waals surface area contributed by atoms with Crippen molar-refractivity contribution >= 4 is 44.6 Å². The van der Waals surface area contributed by atoms with Crippen molar-refractivity contribution in [3.63, 3.8) is 0 Å². The van der Waals surface area contributed by atoms with Crippen molar-refractivity contribution in [2.75, 3.05) is 18.0 Å². The number of benzene rings is 2. The number of carbonyl (C=O) groups is 1. The Morgan fingerprint density at radius 2 is 1.86 bits per heavy atom. The third-order valence-electron chi connectivity index (χ3n) is 5.68. The maximum absolute atomic E-state index is 13.7. The van der Waals surface area contributed by atoms with Gasteiger partial charge in [0.05, 0.1) is 22.6 Å². The number of rotatable bonds is 8. The molecule has 2 aromatic rings. The van der Waals surface area contributed by atoms with Gasteiger partial charge in [-0.3, -0.25) is 19.2 Å². The number of amides is 1. The molecular weight excluding hydrogens is 496 g/mol. The molecule has 12 heteroatoms. The van der Waals surface area contributed by atoms with Crippen LogP contribution in [0.15, 0.2) is 46.4 Å². The van der Waals surface area contributed by atoms with E-state index in [2.05, 4.69) is 10.5 Å². The molecule has 1 saturated carbocycles. The zero-order chi connectivity index (χ0) is 25.6. The summed E-state index contributed by atoms with van der Waals surface area (Å²) in [6, 6.07) is 7.91. The van der Waals surface area contributed by atoms with Crippen molar-refractivity contribution in [1.82, 2.24) is 5.43 Å². The van der Waals surface area contributed by atoms with Gasteiger partial charge >= 0.3 is 0 Å². The van der Waals surface area contributed by atoms with E-state index in [1.54, 1.807) is 0 Å². The summed E-state index contributed by atoms with van der Waals surface area (Å²) in [5.41, 5.74) is 3.28. The highest BCUT2D eigenvalue weighted by Gasteiger charge is 2.31. The van der Waals surface area contributed by atoms with E-state index in [1.165, 1.54) is 44.4 Å². The topological polar surface area (TPSA) is 131 Å². The zero-order valence-electron chi connectivity index (χ0n) is 19.5. The number of nitro benzene ring substituents is 1. The number of methoxy groups -OCH3 is 1. The summed E-state index contributed by atoms with van der Waals surface area (Å²) in [4.78, 5) is 23.2. The van der Waals surface area contributed by atoms with Crippen LogP contribution < -0.4 is 14.5 Å². The summed E-state index contributed by atoms with van der Waals surface area (Å²) in [5.74, 6) is -0.517. The van der Waals surface area contributed by atoms with Crippen LogP contribution in [0.25, 0.3) is 0 Å². The van der Waals surface area contributed by atoms with Crippen LogP contribution >= 0.6 is 11.6 Å². The fourth-order valence-corrected chi connectivity index (χ4v) is 5.40. The molecule has 188 valence electrons. The molecule has 10 nitrogen and oxygen atoms in total. The first-order valence-corrected chi connectivity index (χ1v) is 12.9. The summed E-state index contributed by atoms with van der Waals surface area (Å²) >= 11 is 6.13. The SMILES string of the molecule is COc1ccc(Cl)cc1N(CC(=O)NN=C1CCCCCC1)S(=O)(=O)c1ccc(C)c([N+](=O)[O-])c1. The highest BCUT2D eigenvalue weighted by molar-refractivity contribution is 7.92. The molecule has 1 amide bonds. The number of hydrazone groups is 1. The van der Waals surface area contributed by atoms with E-state index < -0.39 is 27.4 Å². The van der Waals surface area contributed by atoms with Crippen molar-refractivity contribution in [3.8, 4) is 5.75 Å². The fourth-order valence-electron chi connectivity index (χ4n) is 3.79. The molecule has 1 aliphatic carbocycles. The molecule has 0 spiro atoms. The number of anilines is 1. The Hall–Kier alpha value is -3.18. The van der Waals surface area contributed by atoms with Crippen molar-refractivity contribution in [2.24, 2.45) is 5.10 Å². The minimum Gasteiger partial charge on any atom is -0.495 e. The van der Waals surface area contributed by atoms with Gasteiger partial charge in [-0.2, -0.15) is 5.10 Å². The fraction of sp³-hybridized carbons (Fsp3) is 0.391. The van der Waals surface area contributed by atoms with Crippen molar-refractivity contribution < 1.29 is 22.9 Å². The number of aryl methyl sites for hydroxylation is 1. The van der Waals surface area contributed by atoms with E-state index in [0.717, 1.165) is 54.6 Å². The highest BCUT2D eigenvalue weighted by atomic mass is 35.5. The predicted octanol–water partition coefficient (Wildman–Crippen LogP) is 4.59. The number of carbonyl (C=O) groups excluding carboxylic acids is 1. The van der Waals surface area contributed by atoms with Gasteiger partial charge in [0.2, 0.25) is 0 Å². The van der Waals surface area contributed by atoms with Gasteiger partial charge in [0.15, 0.2) is 0 Å². The molecular formula is C23H27ClN4O6S. The maximum atomic E-state index is 13.7. The summed E-state index contributed by atoms with van der Waals surface area (Å²) in [6.45, 7) is 0.865. The second-order valence-corrected chi connectivity index (χ2v) is 10.5. The van der Waals surface area contributed by atoms with Crippen LogP contribution in [-0.2, 0) is 14.8 Å². The quantitative estimate of drug-likeness (QED) is 0.306. The Bertz CT molecular complexity index is 1240. The lowest BCUT2D eigenvalue weighted by Gasteiger charge is -2.25. The summed E-state index contributed by atoms with van der Waals surface area (Å²) in [7, 11) is -3.09. The Morgan fingerprint density at radius 3 is 2.49 bits per heavy atom. The summed E-state index contributed by atoms with van der Waals surface area (Å²) < 4.78 is 33.5. The van der Waals surface area contributed by atoms with Crippen LogP contribution in [0.5, 0.6) is 5.75 Å². The van der Waals surface area contributed by atoms with E-state index in [9.17, 15) is 23.3 Å². The van der Waals surface area contributed by atoms with Crippen LogP contribution in [0.4, 0.5) is 11.4 Å². The van der Waals surface area contributed by atoms with Crippen molar-refractivity contribution in [1.29, 1.82) is 0 Å². The lowest BCUT2D eigenvalue weighted by molar-refractivity contribution is -0.385. The van der Waals surface area contributed by atoms with Crippen LogP contribution in [0.1, 0.15) is 44.1 Å². The number of hydrogen-bond donors (Lipinski definition) is 1. The molecule has 0 radical (unpaired) electrons. The van der Waals surface area contributed by atoms with Crippen molar-refractivity contribution in [2.45, 2.75) is 50.3 Å². The molecule has 0 unspecified atom stereocenters. The monoisotopic (exact) mass is 522 g/mol. The normalized spacial score (nSPS) is 14.1. The average Bonchev–Trinajstić information content (AvgIpc) is 3.10. The third kappa shape index (κ3) is 6.49. The highest BCUT2D eigenvalue weighted by Crippen LogP contribution is 2.35. The van der Waals surface area contributed by atoms with Gasteiger partial charge in [-0.25, -0.2) is 13.8 Å². The number of ether oxygens (including phenoxy) is 1. The first-order valence-electron chi connectivity index (χ1n) is 11.1. The Kier molecular flexibility index (Phi) is 8.68. The molecule has 0 aromatic heterocycles. The van der Waals surface area contributed by atoms with Gasteiger partial charge in [0, 0.05) is 22.4 Å². The molecule has 2 aromatic carbocycles. The van der Waals surface area contributed by atoms with Gasteiger partial charge in [0.1, 0.15) is 12.3 Å². The number of nitrogens with one attached hydrogen (secondary N) is 1. The standard InChI is InChI=1S/C23H27ClN4O6S/c1-16-9-11-19(14-20(16)28(30)31)35(32,33)27(21-13-17(24)10-12-22(21)34-2)15-23(29)26-25-18-7-5-3-4-6-8-18/h9-14H,3-8,15H2,1-2H3,(H,26,29). The molecule has 0 atom stereocenters. The largest absolute Gasteiger partial charge is 0.495 e. The second-order valence-electron chi connectivity index (χ2n) is 8.16. The molecule has 3 rings (SSSR count). The molecule has 1 aliphatic rings. The third-order valence-corrected chi connectivity index (χ3v) is 7.67. The van der Waals surface area contributed by atoms with Gasteiger partial charge in [-0.15, -0.1) is 0 Å². The summed E-state index contributed by atoms with van der Waals surface area (Å²) in [5, 5.41) is 15.8. The van der Waals surface area contributed by atoms with Gasteiger partial charge in [-0.05, 0) is 56.9 Å². The van der Waals surface area contributed by atoms with Crippen LogP contribution in [0, 0.1) is 17.0 Å². The van der Waals surface area contributed by atoms with Crippen LogP contribution in [0.3, 0.4) is 0 Å². The van der Waals surface area contributed by atoms with Gasteiger partial charge in [0.25, 0.3) is 21.6 Å². The molecule has 35 heavy (non-hydrogen) atoms. The van der Waals surface area contributed by atoms with E-state index in [1.807, 2.05) is 0 Å². The molecule has 0 bridgehead atoms. The zero-order valence-corrected chi connectivity index (χ0v) is 21.1. The predicted molar refractivity (Wildman–Crippen MR) is 134 cm³/mol. The average molecular weight is 523 g/mol.